The lowest BCUT2D eigenvalue weighted by atomic mass is 10.4. The Labute approximate surface area is 153 Å². The predicted molar refractivity (Wildman–Crippen MR) is 89.4 cm³/mol. The smallest absolute Gasteiger partial charge is 0.374 e. The van der Waals surface area contributed by atoms with Crippen molar-refractivity contribution >= 4 is 17.9 Å². The van der Waals surface area contributed by atoms with Gasteiger partial charge in [0.2, 0.25) is 5.76 Å². The molecule has 3 heterocycles. The van der Waals surface area contributed by atoms with Crippen molar-refractivity contribution in [3.63, 3.8) is 0 Å². The molecule has 0 aliphatic rings. The number of hydrogen-bond donors (Lipinski definition) is 2. The quantitative estimate of drug-likeness (QED) is 0.598. The fourth-order valence-electron chi connectivity index (χ4n) is 2.12. The van der Waals surface area contributed by atoms with Gasteiger partial charge in [-0.3, -0.25) is 14.8 Å². The number of imide groups is 1. The third-order valence-electron chi connectivity index (χ3n) is 3.33. The van der Waals surface area contributed by atoms with Crippen molar-refractivity contribution in [1.82, 2.24) is 20.4 Å². The minimum Gasteiger partial charge on any atom is -0.467 e. The fraction of sp³-hybridized carbons (Fsp3) is 0.176. The topological polar surface area (TPSA) is 129 Å². The van der Waals surface area contributed by atoms with Crippen LogP contribution in [0.4, 0.5) is 4.79 Å². The molecule has 0 aromatic carbocycles. The number of rotatable bonds is 7. The van der Waals surface area contributed by atoms with E-state index in [1.165, 1.54) is 12.3 Å². The summed E-state index contributed by atoms with van der Waals surface area (Å²) in [5, 5.41) is 8.49. The normalized spacial score (nSPS) is 10.4. The highest BCUT2D eigenvalue weighted by Crippen LogP contribution is 2.10. The number of hydrogen-bond acceptors (Lipinski definition) is 7. The zero-order valence-corrected chi connectivity index (χ0v) is 14.1. The van der Waals surface area contributed by atoms with Gasteiger partial charge in [0.15, 0.2) is 6.61 Å². The van der Waals surface area contributed by atoms with Crippen molar-refractivity contribution in [2.45, 2.75) is 13.1 Å². The summed E-state index contributed by atoms with van der Waals surface area (Å²) in [5.74, 6) is -0.594. The first-order valence-corrected chi connectivity index (χ1v) is 7.93. The molecule has 140 valence electrons. The Kier molecular flexibility index (Phi) is 5.67. The molecule has 27 heavy (non-hydrogen) atoms. The number of carbonyl (C=O) groups is 3. The van der Waals surface area contributed by atoms with E-state index in [0.29, 0.717) is 18.1 Å². The summed E-state index contributed by atoms with van der Waals surface area (Å²) in [6.07, 6.45) is 4.85. The summed E-state index contributed by atoms with van der Waals surface area (Å²) < 4.78 is 16.8. The maximum absolute atomic E-state index is 11.9. The number of esters is 1. The number of nitrogens with zero attached hydrogens (tertiary/aromatic N) is 2. The summed E-state index contributed by atoms with van der Waals surface area (Å²) >= 11 is 0. The van der Waals surface area contributed by atoms with Crippen molar-refractivity contribution < 1.29 is 28.0 Å². The van der Waals surface area contributed by atoms with Crippen LogP contribution in [0.25, 0.3) is 0 Å². The van der Waals surface area contributed by atoms with Gasteiger partial charge in [-0.2, -0.15) is 5.10 Å². The zero-order chi connectivity index (χ0) is 19.1. The van der Waals surface area contributed by atoms with Gasteiger partial charge in [0.05, 0.1) is 19.4 Å². The van der Waals surface area contributed by atoms with E-state index in [1.807, 2.05) is 5.32 Å². The maximum atomic E-state index is 11.9. The first-order chi connectivity index (χ1) is 13.1. The summed E-state index contributed by atoms with van der Waals surface area (Å²) in [5.41, 5.74) is 0. The molecule has 3 aromatic heterocycles. The fourth-order valence-corrected chi connectivity index (χ4v) is 2.12. The summed E-state index contributed by atoms with van der Waals surface area (Å²) in [4.78, 5) is 35.1. The Bertz CT molecular complexity index is 898. The second-order valence-electron chi connectivity index (χ2n) is 5.36. The molecule has 0 saturated heterocycles. The number of carbonyl (C=O) groups excluding carboxylic acids is 3. The summed E-state index contributed by atoms with van der Waals surface area (Å²) in [7, 11) is 0. The summed E-state index contributed by atoms with van der Waals surface area (Å²) in [6, 6.07) is 7.44. The lowest BCUT2D eigenvalue weighted by Gasteiger charge is -2.06. The van der Waals surface area contributed by atoms with E-state index >= 15 is 0 Å². The minimum atomic E-state index is -0.812. The van der Waals surface area contributed by atoms with Gasteiger partial charge in [-0.15, -0.1) is 0 Å². The van der Waals surface area contributed by atoms with Crippen molar-refractivity contribution in [2.75, 3.05) is 6.61 Å². The molecule has 0 saturated carbocycles. The average Bonchev–Trinajstić information content (AvgIpc) is 3.41. The minimum absolute atomic E-state index is 0.0489. The molecule has 10 nitrogen and oxygen atoms in total. The monoisotopic (exact) mass is 372 g/mol. The molecule has 0 fully saturated rings. The van der Waals surface area contributed by atoms with Crippen LogP contribution < -0.4 is 10.6 Å². The highest BCUT2D eigenvalue weighted by Gasteiger charge is 2.16. The average molecular weight is 372 g/mol. The first-order valence-electron chi connectivity index (χ1n) is 7.93. The molecular weight excluding hydrogens is 356 g/mol. The molecule has 0 aliphatic carbocycles. The van der Waals surface area contributed by atoms with E-state index in [0.717, 1.165) is 0 Å². The molecule has 0 spiro atoms. The van der Waals surface area contributed by atoms with Gasteiger partial charge in [-0.05, 0) is 30.3 Å². The van der Waals surface area contributed by atoms with Crippen LogP contribution in [0.3, 0.4) is 0 Å². The molecule has 0 atom stereocenters. The van der Waals surface area contributed by atoms with Gasteiger partial charge >= 0.3 is 12.0 Å². The standard InChI is InChI=1S/C17H16N4O6/c22-15(20-17(24)18-9-12-3-1-8-25-12)11-26-16(23)14-5-4-13(27-14)10-21-7-2-6-19-21/h1-8H,9-11H2,(H2,18,20,22,24). The Morgan fingerprint density at radius 3 is 2.78 bits per heavy atom. The highest BCUT2D eigenvalue weighted by atomic mass is 16.5. The maximum Gasteiger partial charge on any atom is 0.374 e. The molecule has 10 heteroatoms. The van der Waals surface area contributed by atoms with Crippen LogP contribution in [0, 0.1) is 0 Å². The highest BCUT2D eigenvalue weighted by molar-refractivity contribution is 5.96. The summed E-state index contributed by atoms with van der Waals surface area (Å²) in [6.45, 7) is -0.143. The number of furan rings is 2. The SMILES string of the molecule is O=C(COC(=O)c1ccc(Cn2cccn2)o1)NC(=O)NCc1ccco1. The lowest BCUT2D eigenvalue weighted by molar-refractivity contribution is -0.123. The van der Waals surface area contributed by atoms with Gasteiger partial charge in [0.25, 0.3) is 5.91 Å². The predicted octanol–water partition coefficient (Wildman–Crippen LogP) is 1.30. The van der Waals surface area contributed by atoms with Crippen LogP contribution in [0.5, 0.6) is 0 Å². The number of aromatic nitrogens is 2. The molecule has 0 radical (unpaired) electrons. The molecule has 0 unspecified atom stereocenters. The van der Waals surface area contributed by atoms with E-state index in [2.05, 4.69) is 10.4 Å². The Morgan fingerprint density at radius 2 is 2.04 bits per heavy atom. The molecule has 3 amide bonds. The Hall–Kier alpha value is -3.82. The van der Waals surface area contributed by atoms with Gasteiger partial charge in [0.1, 0.15) is 11.5 Å². The molecule has 2 N–H and O–H groups in total. The second-order valence-corrected chi connectivity index (χ2v) is 5.36. The molecular formula is C17H16N4O6. The Morgan fingerprint density at radius 1 is 1.15 bits per heavy atom. The van der Waals surface area contributed by atoms with E-state index in [-0.39, 0.29) is 12.3 Å². The van der Waals surface area contributed by atoms with Crippen molar-refractivity contribution in [2.24, 2.45) is 0 Å². The van der Waals surface area contributed by atoms with Crippen molar-refractivity contribution in [1.29, 1.82) is 0 Å². The second kappa shape index (κ2) is 8.52. The molecule has 0 aliphatic heterocycles. The van der Waals surface area contributed by atoms with Crippen LogP contribution in [0.1, 0.15) is 22.1 Å². The van der Waals surface area contributed by atoms with Crippen LogP contribution in [0.2, 0.25) is 0 Å². The third kappa shape index (κ3) is 5.33. The van der Waals surface area contributed by atoms with Crippen LogP contribution in [0.15, 0.2) is 57.8 Å². The van der Waals surface area contributed by atoms with Gasteiger partial charge in [0, 0.05) is 12.4 Å². The van der Waals surface area contributed by atoms with Crippen molar-refractivity contribution in [3.05, 3.63) is 66.3 Å². The number of urea groups is 1. The van der Waals surface area contributed by atoms with E-state index in [9.17, 15) is 14.4 Å². The first kappa shape index (κ1) is 18.0. The third-order valence-corrected chi connectivity index (χ3v) is 3.33. The lowest BCUT2D eigenvalue weighted by Crippen LogP contribution is -2.41. The molecule has 3 rings (SSSR count). The van der Waals surface area contributed by atoms with E-state index < -0.39 is 24.5 Å². The van der Waals surface area contributed by atoms with Crippen LogP contribution in [-0.4, -0.2) is 34.3 Å². The number of nitrogens with one attached hydrogen (secondary N) is 2. The molecule has 0 bridgehead atoms. The largest absolute Gasteiger partial charge is 0.467 e. The Balaban J connectivity index is 1.39. The van der Waals surface area contributed by atoms with E-state index in [4.69, 9.17) is 13.6 Å². The van der Waals surface area contributed by atoms with Gasteiger partial charge in [-0.25, -0.2) is 9.59 Å². The van der Waals surface area contributed by atoms with E-state index in [1.54, 1.807) is 41.3 Å². The van der Waals surface area contributed by atoms with Gasteiger partial charge < -0.3 is 18.9 Å². The van der Waals surface area contributed by atoms with Crippen molar-refractivity contribution in [3.8, 4) is 0 Å². The number of ether oxygens (including phenoxy) is 1. The molecule has 3 aromatic rings. The van der Waals surface area contributed by atoms with Crippen LogP contribution in [-0.2, 0) is 22.6 Å². The zero-order valence-electron chi connectivity index (χ0n) is 14.1. The van der Waals surface area contributed by atoms with Crippen LogP contribution >= 0.6 is 0 Å². The number of amides is 3. The van der Waals surface area contributed by atoms with Gasteiger partial charge in [-0.1, -0.05) is 0 Å².